The molecule has 1 aromatic carbocycles. The molecule has 0 aliphatic heterocycles. The van der Waals surface area contributed by atoms with Crippen LogP contribution in [0, 0.1) is 3.57 Å². The van der Waals surface area contributed by atoms with Crippen LogP contribution < -0.4 is 0 Å². The minimum Gasteiger partial charge on any atom is -0.0842 e. The quantitative estimate of drug-likeness (QED) is 0.709. The zero-order valence-electron chi connectivity index (χ0n) is 6.55. The Balaban J connectivity index is 2.73. The maximum Gasteiger partial charge on any atom is 0.0130 e. The Bertz CT molecular complexity index is 234. The van der Waals surface area contributed by atoms with Gasteiger partial charge < -0.3 is 0 Å². The first-order valence-electron chi connectivity index (χ1n) is 3.75. The molecule has 0 unspecified atom stereocenters. The summed E-state index contributed by atoms with van der Waals surface area (Å²) in [5.41, 5.74) is 1.28. The summed E-state index contributed by atoms with van der Waals surface area (Å²) >= 11 is 2.31. The molecule has 0 aliphatic carbocycles. The minimum absolute atomic E-state index is 1.10. The van der Waals surface area contributed by atoms with Gasteiger partial charge >= 0.3 is 0 Å². The van der Waals surface area contributed by atoms with Gasteiger partial charge in [-0.25, -0.2) is 0 Å². The average Bonchev–Trinajstić information content (AvgIpc) is 2.04. The number of halogens is 1. The van der Waals surface area contributed by atoms with Gasteiger partial charge in [-0.2, -0.15) is 0 Å². The standard InChI is InChI=1S/C10H11I/c1-2-3-4-9-5-7-10(11)8-6-9/h3-8H,2H2,1H3. The normalized spacial score (nSPS) is 10.7. The SMILES string of the molecule is CCC=Cc1ccc(I)cc1. The van der Waals surface area contributed by atoms with Crippen molar-refractivity contribution in [2.45, 2.75) is 13.3 Å². The monoisotopic (exact) mass is 258 g/mol. The molecule has 0 amide bonds. The average molecular weight is 258 g/mol. The molecule has 1 heteroatoms. The van der Waals surface area contributed by atoms with Crippen LogP contribution >= 0.6 is 22.6 Å². The van der Waals surface area contributed by atoms with Crippen molar-refractivity contribution < 1.29 is 0 Å². The van der Waals surface area contributed by atoms with E-state index in [-0.39, 0.29) is 0 Å². The third-order valence-electron chi connectivity index (χ3n) is 1.42. The second-order valence-corrected chi connectivity index (χ2v) is 3.61. The lowest BCUT2D eigenvalue weighted by Gasteiger charge is -1.92. The van der Waals surface area contributed by atoms with Crippen LogP contribution in [0.3, 0.4) is 0 Å². The van der Waals surface area contributed by atoms with Gasteiger partial charge in [-0.3, -0.25) is 0 Å². The van der Waals surface area contributed by atoms with Crippen LogP contribution in [0.1, 0.15) is 18.9 Å². The second kappa shape index (κ2) is 4.54. The van der Waals surface area contributed by atoms with Crippen LogP contribution in [0.5, 0.6) is 0 Å². The van der Waals surface area contributed by atoms with Crippen LogP contribution in [-0.4, -0.2) is 0 Å². The van der Waals surface area contributed by atoms with Crippen molar-refractivity contribution in [1.82, 2.24) is 0 Å². The molecule has 11 heavy (non-hydrogen) atoms. The lowest BCUT2D eigenvalue weighted by Crippen LogP contribution is -1.72. The van der Waals surface area contributed by atoms with Gasteiger partial charge in [0.05, 0.1) is 0 Å². The highest BCUT2D eigenvalue weighted by atomic mass is 127. The summed E-state index contributed by atoms with van der Waals surface area (Å²) in [6.45, 7) is 2.14. The lowest BCUT2D eigenvalue weighted by molar-refractivity contribution is 1.23. The van der Waals surface area contributed by atoms with Gasteiger partial charge in [-0.15, -0.1) is 0 Å². The molecule has 0 fully saturated rings. The fourth-order valence-corrected chi connectivity index (χ4v) is 1.19. The molecular weight excluding hydrogens is 247 g/mol. The Labute approximate surface area is 81.5 Å². The summed E-state index contributed by atoms with van der Waals surface area (Å²) in [4.78, 5) is 0. The molecule has 0 nitrogen and oxygen atoms in total. The first-order chi connectivity index (χ1) is 5.33. The van der Waals surface area contributed by atoms with E-state index in [0.717, 1.165) is 6.42 Å². The Hall–Kier alpha value is -0.310. The van der Waals surface area contributed by atoms with Gasteiger partial charge in [0.25, 0.3) is 0 Å². The first-order valence-corrected chi connectivity index (χ1v) is 4.83. The van der Waals surface area contributed by atoms with Crippen molar-refractivity contribution in [3.8, 4) is 0 Å². The minimum atomic E-state index is 1.10. The van der Waals surface area contributed by atoms with E-state index >= 15 is 0 Å². The highest BCUT2D eigenvalue weighted by molar-refractivity contribution is 14.1. The molecule has 0 saturated heterocycles. The fraction of sp³-hybridized carbons (Fsp3) is 0.200. The molecule has 0 atom stereocenters. The summed E-state index contributed by atoms with van der Waals surface area (Å²) in [6, 6.07) is 8.51. The van der Waals surface area contributed by atoms with Gasteiger partial charge in [-0.1, -0.05) is 31.2 Å². The van der Waals surface area contributed by atoms with Gasteiger partial charge in [-0.05, 0) is 46.7 Å². The number of rotatable bonds is 2. The molecule has 0 spiro atoms. The van der Waals surface area contributed by atoms with Crippen molar-refractivity contribution in [3.63, 3.8) is 0 Å². The smallest absolute Gasteiger partial charge is 0.0130 e. The van der Waals surface area contributed by atoms with Crippen LogP contribution in [0.15, 0.2) is 30.3 Å². The Kier molecular flexibility index (Phi) is 3.63. The van der Waals surface area contributed by atoms with Crippen LogP contribution in [0.2, 0.25) is 0 Å². The summed E-state index contributed by atoms with van der Waals surface area (Å²) in [6.07, 6.45) is 5.42. The van der Waals surface area contributed by atoms with Crippen molar-refractivity contribution in [1.29, 1.82) is 0 Å². The molecule has 58 valence electrons. The van der Waals surface area contributed by atoms with Gasteiger partial charge in [0.15, 0.2) is 0 Å². The molecule has 0 aromatic heterocycles. The second-order valence-electron chi connectivity index (χ2n) is 2.36. The molecule has 1 aromatic rings. The van der Waals surface area contributed by atoms with Gasteiger partial charge in [0, 0.05) is 3.57 Å². The Morgan fingerprint density at radius 3 is 2.45 bits per heavy atom. The van der Waals surface area contributed by atoms with E-state index < -0.39 is 0 Å². The third kappa shape index (κ3) is 3.06. The molecule has 0 heterocycles. The van der Waals surface area contributed by atoms with Crippen molar-refractivity contribution in [2.75, 3.05) is 0 Å². The molecule has 0 radical (unpaired) electrons. The van der Waals surface area contributed by atoms with Crippen molar-refractivity contribution in [3.05, 3.63) is 39.5 Å². The van der Waals surface area contributed by atoms with E-state index in [0.29, 0.717) is 0 Å². The van der Waals surface area contributed by atoms with E-state index in [1.807, 2.05) is 0 Å². The molecule has 0 saturated carbocycles. The molecular formula is C10H11I. The van der Waals surface area contributed by atoms with E-state index in [1.54, 1.807) is 0 Å². The highest BCUT2D eigenvalue weighted by Crippen LogP contribution is 2.08. The highest BCUT2D eigenvalue weighted by Gasteiger charge is 1.85. The largest absolute Gasteiger partial charge is 0.0842 e. The zero-order chi connectivity index (χ0) is 8.10. The van der Waals surface area contributed by atoms with E-state index in [2.05, 4.69) is 65.9 Å². The van der Waals surface area contributed by atoms with Crippen molar-refractivity contribution in [2.24, 2.45) is 0 Å². The van der Waals surface area contributed by atoms with E-state index in [1.165, 1.54) is 9.13 Å². The Morgan fingerprint density at radius 1 is 1.27 bits per heavy atom. The van der Waals surface area contributed by atoms with Crippen molar-refractivity contribution >= 4 is 28.7 Å². The maximum atomic E-state index is 2.31. The van der Waals surface area contributed by atoms with E-state index in [4.69, 9.17) is 0 Å². The summed E-state index contributed by atoms with van der Waals surface area (Å²) in [5.74, 6) is 0. The first kappa shape index (κ1) is 8.78. The van der Waals surface area contributed by atoms with Gasteiger partial charge in [0.2, 0.25) is 0 Å². The van der Waals surface area contributed by atoms with Gasteiger partial charge in [0.1, 0.15) is 0 Å². The van der Waals surface area contributed by atoms with Crippen LogP contribution in [-0.2, 0) is 0 Å². The molecule has 0 aliphatic rings. The number of allylic oxidation sites excluding steroid dienone is 1. The fourth-order valence-electron chi connectivity index (χ4n) is 0.828. The van der Waals surface area contributed by atoms with Crippen LogP contribution in [0.4, 0.5) is 0 Å². The number of benzene rings is 1. The summed E-state index contributed by atoms with van der Waals surface area (Å²) in [7, 11) is 0. The number of hydrogen-bond acceptors (Lipinski definition) is 0. The molecule has 0 N–H and O–H groups in total. The third-order valence-corrected chi connectivity index (χ3v) is 2.14. The molecule has 0 bridgehead atoms. The zero-order valence-corrected chi connectivity index (χ0v) is 8.71. The lowest BCUT2D eigenvalue weighted by atomic mass is 10.2. The number of hydrogen-bond donors (Lipinski definition) is 0. The predicted molar refractivity (Wildman–Crippen MR) is 58.5 cm³/mol. The van der Waals surface area contributed by atoms with Crippen LogP contribution in [0.25, 0.3) is 6.08 Å². The topological polar surface area (TPSA) is 0 Å². The predicted octanol–water partition coefficient (Wildman–Crippen LogP) is 3.71. The summed E-state index contributed by atoms with van der Waals surface area (Å²) < 4.78 is 1.29. The Morgan fingerprint density at radius 2 is 1.91 bits per heavy atom. The maximum absolute atomic E-state index is 2.31. The molecule has 1 rings (SSSR count). The van der Waals surface area contributed by atoms with E-state index in [9.17, 15) is 0 Å². The summed E-state index contributed by atoms with van der Waals surface area (Å²) in [5, 5.41) is 0.